The van der Waals surface area contributed by atoms with Crippen LogP contribution in [0.25, 0.3) is 0 Å². The zero-order valence-electron chi connectivity index (χ0n) is 18.2. The fraction of sp³-hybridized carbons (Fsp3) is 0.435. The summed E-state index contributed by atoms with van der Waals surface area (Å²) in [7, 11) is 0. The number of likely N-dealkylation sites (tertiary alicyclic amines) is 1. The van der Waals surface area contributed by atoms with Crippen LogP contribution in [0.1, 0.15) is 57.8 Å². The monoisotopic (exact) mass is 442 g/mol. The number of nitrogens with zero attached hydrogens (tertiary/aromatic N) is 2. The molecular weight excluding hydrogens is 416 g/mol. The molecule has 2 aliphatic heterocycles. The van der Waals surface area contributed by atoms with Gasteiger partial charge in [0.2, 0.25) is 0 Å². The van der Waals surface area contributed by atoms with Crippen LogP contribution in [-0.4, -0.2) is 71.8 Å². The van der Waals surface area contributed by atoms with Crippen LogP contribution >= 0.6 is 0 Å². The third kappa shape index (κ3) is 4.56. The Hall–Kier alpha value is -3.49. The van der Waals surface area contributed by atoms with Crippen LogP contribution in [0.2, 0.25) is 0 Å². The molecule has 1 aromatic rings. The zero-order chi connectivity index (χ0) is 23.4. The first-order valence-electron chi connectivity index (χ1n) is 10.6. The normalized spacial score (nSPS) is 17.1. The van der Waals surface area contributed by atoms with Gasteiger partial charge in [0.05, 0.1) is 29.2 Å². The lowest BCUT2D eigenvalue weighted by molar-refractivity contribution is -0.152. The standard InChI is InChI=1S/C23H26N2O7/c1-4-10-25-20(27)17-7-6-16(13-18(17)21(25)28)23(30)32-14(3)19(26)24-11-8-15(9-12-24)22(29)31-5-2/h4,6-7,13-15H,1,5,8-12H2,2-3H3. The Balaban J connectivity index is 1.60. The van der Waals surface area contributed by atoms with Gasteiger partial charge >= 0.3 is 11.9 Å². The smallest absolute Gasteiger partial charge is 0.338 e. The highest BCUT2D eigenvalue weighted by atomic mass is 16.5. The van der Waals surface area contributed by atoms with E-state index in [9.17, 15) is 24.0 Å². The molecule has 1 saturated heterocycles. The average Bonchev–Trinajstić information content (AvgIpc) is 3.03. The van der Waals surface area contributed by atoms with Crippen molar-refractivity contribution in [1.82, 2.24) is 9.80 Å². The molecule has 1 aromatic carbocycles. The van der Waals surface area contributed by atoms with E-state index in [0.717, 1.165) is 4.90 Å². The number of ether oxygens (including phenoxy) is 2. The molecule has 3 rings (SSSR count). The lowest BCUT2D eigenvalue weighted by Crippen LogP contribution is -2.45. The summed E-state index contributed by atoms with van der Waals surface area (Å²) >= 11 is 0. The number of amides is 3. The predicted molar refractivity (Wildman–Crippen MR) is 113 cm³/mol. The molecule has 1 atom stereocenters. The molecule has 32 heavy (non-hydrogen) atoms. The minimum Gasteiger partial charge on any atom is -0.466 e. The summed E-state index contributed by atoms with van der Waals surface area (Å²) in [5.74, 6) is -2.56. The molecule has 9 heteroatoms. The molecule has 3 amide bonds. The lowest BCUT2D eigenvalue weighted by atomic mass is 9.96. The number of piperidine rings is 1. The summed E-state index contributed by atoms with van der Waals surface area (Å²) in [5.41, 5.74) is 0.402. The number of hydrogen-bond acceptors (Lipinski definition) is 7. The summed E-state index contributed by atoms with van der Waals surface area (Å²) in [6.07, 6.45) is 1.39. The molecule has 0 spiro atoms. The Morgan fingerprint density at radius 1 is 1.16 bits per heavy atom. The zero-order valence-corrected chi connectivity index (χ0v) is 18.2. The highest BCUT2D eigenvalue weighted by Gasteiger charge is 2.36. The van der Waals surface area contributed by atoms with Gasteiger partial charge in [0.15, 0.2) is 6.10 Å². The number of esters is 2. The van der Waals surface area contributed by atoms with Crippen molar-refractivity contribution in [2.24, 2.45) is 5.92 Å². The predicted octanol–water partition coefficient (Wildman–Crippen LogP) is 1.82. The molecule has 170 valence electrons. The first-order chi connectivity index (χ1) is 15.3. The second-order valence-corrected chi connectivity index (χ2v) is 7.67. The quantitative estimate of drug-likeness (QED) is 0.360. The number of hydrogen-bond donors (Lipinski definition) is 0. The largest absolute Gasteiger partial charge is 0.466 e. The van der Waals surface area contributed by atoms with Crippen molar-refractivity contribution in [3.8, 4) is 0 Å². The second-order valence-electron chi connectivity index (χ2n) is 7.67. The van der Waals surface area contributed by atoms with Gasteiger partial charge in [-0.1, -0.05) is 6.08 Å². The lowest BCUT2D eigenvalue weighted by Gasteiger charge is -2.32. The van der Waals surface area contributed by atoms with E-state index in [0.29, 0.717) is 32.5 Å². The van der Waals surface area contributed by atoms with E-state index in [2.05, 4.69) is 6.58 Å². The summed E-state index contributed by atoms with van der Waals surface area (Å²) in [6.45, 7) is 7.90. The van der Waals surface area contributed by atoms with Gasteiger partial charge in [0.1, 0.15) is 0 Å². The van der Waals surface area contributed by atoms with Gasteiger partial charge in [-0.15, -0.1) is 6.58 Å². The molecule has 0 radical (unpaired) electrons. The maximum atomic E-state index is 12.7. The minimum absolute atomic E-state index is 0.0739. The molecule has 2 heterocycles. The molecule has 0 bridgehead atoms. The van der Waals surface area contributed by atoms with Crippen LogP contribution in [0.4, 0.5) is 0 Å². The van der Waals surface area contributed by atoms with Crippen LogP contribution in [0.15, 0.2) is 30.9 Å². The maximum Gasteiger partial charge on any atom is 0.338 e. The van der Waals surface area contributed by atoms with Crippen molar-refractivity contribution in [2.75, 3.05) is 26.2 Å². The Bertz CT molecular complexity index is 963. The van der Waals surface area contributed by atoms with Gasteiger partial charge in [-0.2, -0.15) is 0 Å². The average molecular weight is 442 g/mol. The molecule has 9 nitrogen and oxygen atoms in total. The third-order valence-electron chi connectivity index (χ3n) is 5.58. The second kappa shape index (κ2) is 9.76. The van der Waals surface area contributed by atoms with Gasteiger partial charge in [-0.05, 0) is 44.9 Å². The van der Waals surface area contributed by atoms with Crippen LogP contribution in [0.3, 0.4) is 0 Å². The van der Waals surface area contributed by atoms with Crippen LogP contribution < -0.4 is 0 Å². The van der Waals surface area contributed by atoms with Gasteiger partial charge < -0.3 is 14.4 Å². The van der Waals surface area contributed by atoms with E-state index < -0.39 is 23.9 Å². The van der Waals surface area contributed by atoms with E-state index >= 15 is 0 Å². The van der Waals surface area contributed by atoms with Crippen molar-refractivity contribution >= 4 is 29.7 Å². The van der Waals surface area contributed by atoms with E-state index in [4.69, 9.17) is 9.47 Å². The van der Waals surface area contributed by atoms with Crippen LogP contribution in [-0.2, 0) is 19.1 Å². The molecule has 0 aromatic heterocycles. The number of rotatable bonds is 7. The summed E-state index contributed by atoms with van der Waals surface area (Å²) < 4.78 is 10.3. The van der Waals surface area contributed by atoms with E-state index in [-0.39, 0.29) is 41.0 Å². The third-order valence-corrected chi connectivity index (χ3v) is 5.58. The topological polar surface area (TPSA) is 110 Å². The Kier molecular flexibility index (Phi) is 7.07. The van der Waals surface area contributed by atoms with E-state index in [1.54, 1.807) is 11.8 Å². The minimum atomic E-state index is -1.04. The van der Waals surface area contributed by atoms with Crippen molar-refractivity contribution in [3.63, 3.8) is 0 Å². The van der Waals surface area contributed by atoms with Gasteiger partial charge in [0.25, 0.3) is 17.7 Å². The van der Waals surface area contributed by atoms with Gasteiger partial charge in [-0.25, -0.2) is 4.79 Å². The Morgan fingerprint density at radius 2 is 1.81 bits per heavy atom. The van der Waals surface area contributed by atoms with Crippen molar-refractivity contribution in [3.05, 3.63) is 47.5 Å². The summed E-state index contributed by atoms with van der Waals surface area (Å²) in [4.78, 5) is 64.4. The van der Waals surface area contributed by atoms with Crippen LogP contribution in [0.5, 0.6) is 0 Å². The number of fused-ring (bicyclic) bond motifs is 1. The number of carbonyl (C=O) groups is 5. The maximum absolute atomic E-state index is 12.7. The van der Waals surface area contributed by atoms with Gasteiger partial charge in [-0.3, -0.25) is 24.1 Å². The van der Waals surface area contributed by atoms with Crippen molar-refractivity contribution in [2.45, 2.75) is 32.8 Å². The van der Waals surface area contributed by atoms with E-state index in [1.165, 1.54) is 31.2 Å². The molecule has 0 N–H and O–H groups in total. The Labute approximate surface area is 185 Å². The molecule has 0 saturated carbocycles. The number of carbonyl (C=O) groups excluding carboxylic acids is 5. The summed E-state index contributed by atoms with van der Waals surface area (Å²) in [5, 5.41) is 0. The fourth-order valence-electron chi connectivity index (χ4n) is 3.84. The van der Waals surface area contributed by atoms with E-state index in [1.807, 2.05) is 0 Å². The molecule has 2 aliphatic rings. The Morgan fingerprint density at radius 3 is 2.44 bits per heavy atom. The fourth-order valence-corrected chi connectivity index (χ4v) is 3.84. The molecule has 1 fully saturated rings. The van der Waals surface area contributed by atoms with Crippen LogP contribution in [0, 0.1) is 5.92 Å². The molecule has 1 unspecified atom stereocenters. The first kappa shape index (κ1) is 23.2. The van der Waals surface area contributed by atoms with Crippen molar-refractivity contribution in [1.29, 1.82) is 0 Å². The molecule has 0 aliphatic carbocycles. The van der Waals surface area contributed by atoms with Crippen molar-refractivity contribution < 1.29 is 33.4 Å². The van der Waals surface area contributed by atoms with Gasteiger partial charge in [0, 0.05) is 19.6 Å². The highest BCUT2D eigenvalue weighted by Crippen LogP contribution is 2.25. The summed E-state index contributed by atoms with van der Waals surface area (Å²) in [6, 6.07) is 4.11. The number of imide groups is 1. The SMILES string of the molecule is C=CCN1C(=O)c2ccc(C(=O)OC(C)C(=O)N3CCC(C(=O)OCC)CC3)cc2C1=O. The first-order valence-corrected chi connectivity index (χ1v) is 10.6. The highest BCUT2D eigenvalue weighted by molar-refractivity contribution is 6.22. The molecular formula is C23H26N2O7. The number of benzene rings is 1.